The molecule has 1 fully saturated rings. The van der Waals surface area contributed by atoms with Crippen molar-refractivity contribution in [3.63, 3.8) is 0 Å². The SMILES string of the molecule is Cc1ccccc1C1CC(NOCC(F)(F)F)C1. The third kappa shape index (κ3) is 3.46. The quantitative estimate of drug-likeness (QED) is 0.837. The predicted molar refractivity (Wildman–Crippen MR) is 62.1 cm³/mol. The standard InChI is InChI=1S/C13H16F3NO/c1-9-4-2-3-5-12(9)10-6-11(7-10)17-18-8-13(14,15)16/h2-5,10-11,17H,6-8H2,1H3. The van der Waals surface area contributed by atoms with Gasteiger partial charge in [0.2, 0.25) is 0 Å². The summed E-state index contributed by atoms with van der Waals surface area (Å²) in [4.78, 5) is 4.44. The fourth-order valence-electron chi connectivity index (χ4n) is 2.25. The summed E-state index contributed by atoms with van der Waals surface area (Å²) in [5, 5.41) is 0. The van der Waals surface area contributed by atoms with Crippen molar-refractivity contribution >= 4 is 0 Å². The van der Waals surface area contributed by atoms with Crippen LogP contribution in [-0.2, 0) is 4.84 Å². The molecule has 0 amide bonds. The van der Waals surface area contributed by atoms with Gasteiger partial charge in [-0.2, -0.15) is 18.7 Å². The van der Waals surface area contributed by atoms with Crippen molar-refractivity contribution in [2.75, 3.05) is 6.61 Å². The maximum Gasteiger partial charge on any atom is 0.413 e. The number of halogens is 3. The van der Waals surface area contributed by atoms with Crippen LogP contribution in [0.5, 0.6) is 0 Å². The molecule has 2 rings (SSSR count). The molecule has 1 aliphatic rings. The molecule has 0 aliphatic heterocycles. The number of nitrogens with one attached hydrogen (secondary N) is 1. The van der Waals surface area contributed by atoms with Crippen molar-refractivity contribution in [1.29, 1.82) is 0 Å². The number of hydrogen-bond acceptors (Lipinski definition) is 2. The van der Waals surface area contributed by atoms with Crippen LogP contribution in [0.1, 0.15) is 29.9 Å². The maximum absolute atomic E-state index is 11.9. The Morgan fingerprint density at radius 2 is 1.94 bits per heavy atom. The number of benzene rings is 1. The zero-order chi connectivity index (χ0) is 13.2. The highest BCUT2D eigenvalue weighted by Gasteiger charge is 2.33. The minimum atomic E-state index is -4.27. The molecule has 5 heteroatoms. The van der Waals surface area contributed by atoms with Crippen LogP contribution in [0.15, 0.2) is 24.3 Å². The van der Waals surface area contributed by atoms with Crippen LogP contribution in [0.4, 0.5) is 13.2 Å². The summed E-state index contributed by atoms with van der Waals surface area (Å²) in [5.41, 5.74) is 4.99. The van der Waals surface area contributed by atoms with E-state index in [0.29, 0.717) is 5.92 Å². The molecule has 18 heavy (non-hydrogen) atoms. The molecule has 1 aromatic carbocycles. The molecule has 1 aromatic rings. The number of rotatable bonds is 4. The highest BCUT2D eigenvalue weighted by molar-refractivity contribution is 5.31. The molecule has 0 spiro atoms. The highest BCUT2D eigenvalue weighted by atomic mass is 19.4. The first kappa shape index (κ1) is 13.4. The minimum Gasteiger partial charge on any atom is -0.292 e. The van der Waals surface area contributed by atoms with Gasteiger partial charge in [0.05, 0.1) is 0 Å². The molecule has 0 bridgehead atoms. The van der Waals surface area contributed by atoms with Gasteiger partial charge in [-0.3, -0.25) is 4.84 Å². The molecule has 1 aliphatic carbocycles. The normalized spacial score (nSPS) is 23.8. The van der Waals surface area contributed by atoms with Gasteiger partial charge in [-0.1, -0.05) is 24.3 Å². The molecule has 0 heterocycles. The zero-order valence-corrected chi connectivity index (χ0v) is 10.1. The van der Waals surface area contributed by atoms with E-state index in [-0.39, 0.29) is 6.04 Å². The van der Waals surface area contributed by atoms with Gasteiger partial charge in [-0.15, -0.1) is 0 Å². The van der Waals surface area contributed by atoms with Crippen LogP contribution in [0.25, 0.3) is 0 Å². The van der Waals surface area contributed by atoms with Gasteiger partial charge in [-0.05, 0) is 36.8 Å². The van der Waals surface area contributed by atoms with E-state index in [0.717, 1.165) is 12.8 Å². The Kier molecular flexibility index (Phi) is 3.92. The van der Waals surface area contributed by atoms with Crippen molar-refractivity contribution in [3.05, 3.63) is 35.4 Å². The van der Waals surface area contributed by atoms with Crippen molar-refractivity contribution < 1.29 is 18.0 Å². The van der Waals surface area contributed by atoms with E-state index in [1.165, 1.54) is 11.1 Å². The van der Waals surface area contributed by atoms with E-state index in [2.05, 4.69) is 29.4 Å². The summed E-state index contributed by atoms with van der Waals surface area (Å²) < 4.78 is 35.6. The molecule has 1 saturated carbocycles. The van der Waals surface area contributed by atoms with Crippen LogP contribution in [-0.4, -0.2) is 18.8 Å². The molecule has 2 nitrogen and oxygen atoms in total. The molecule has 0 aromatic heterocycles. The lowest BCUT2D eigenvalue weighted by Gasteiger charge is -2.36. The van der Waals surface area contributed by atoms with Crippen LogP contribution in [0, 0.1) is 6.92 Å². The van der Waals surface area contributed by atoms with Gasteiger partial charge in [0, 0.05) is 6.04 Å². The lowest BCUT2D eigenvalue weighted by Crippen LogP contribution is -2.41. The van der Waals surface area contributed by atoms with Crippen LogP contribution >= 0.6 is 0 Å². The van der Waals surface area contributed by atoms with Crippen molar-refractivity contribution in [2.45, 2.75) is 37.9 Å². The lowest BCUT2D eigenvalue weighted by atomic mass is 9.75. The average Bonchev–Trinajstić information content (AvgIpc) is 2.21. The lowest BCUT2D eigenvalue weighted by molar-refractivity contribution is -0.195. The van der Waals surface area contributed by atoms with Gasteiger partial charge in [-0.25, -0.2) is 0 Å². The van der Waals surface area contributed by atoms with Crippen molar-refractivity contribution in [1.82, 2.24) is 5.48 Å². The summed E-state index contributed by atoms with van der Waals surface area (Å²) in [7, 11) is 0. The number of alkyl halides is 3. The summed E-state index contributed by atoms with van der Waals surface area (Å²) in [5.74, 6) is 0.429. The largest absolute Gasteiger partial charge is 0.413 e. The molecule has 0 atom stereocenters. The van der Waals surface area contributed by atoms with E-state index < -0.39 is 12.8 Å². The fourth-order valence-corrected chi connectivity index (χ4v) is 2.25. The molecule has 0 unspecified atom stereocenters. The first-order valence-electron chi connectivity index (χ1n) is 5.95. The average molecular weight is 259 g/mol. The fraction of sp³-hybridized carbons (Fsp3) is 0.538. The smallest absolute Gasteiger partial charge is 0.292 e. The van der Waals surface area contributed by atoms with Gasteiger partial charge < -0.3 is 0 Å². The Hall–Kier alpha value is -1.07. The Bertz CT molecular complexity index is 399. The molecular formula is C13H16F3NO. The molecular weight excluding hydrogens is 243 g/mol. The highest BCUT2D eigenvalue weighted by Crippen LogP contribution is 2.38. The van der Waals surface area contributed by atoms with E-state index in [1.54, 1.807) is 0 Å². The van der Waals surface area contributed by atoms with Gasteiger partial charge >= 0.3 is 6.18 Å². The second kappa shape index (κ2) is 5.28. The Morgan fingerprint density at radius 3 is 2.56 bits per heavy atom. The zero-order valence-electron chi connectivity index (χ0n) is 10.1. The minimum absolute atomic E-state index is 0.0250. The van der Waals surface area contributed by atoms with Gasteiger partial charge in [0.15, 0.2) is 6.61 Å². The third-order valence-electron chi connectivity index (χ3n) is 3.25. The Balaban J connectivity index is 1.73. The first-order valence-corrected chi connectivity index (χ1v) is 5.95. The predicted octanol–water partition coefficient (Wildman–Crippen LogP) is 3.32. The number of hydrogen-bond donors (Lipinski definition) is 1. The molecule has 1 N–H and O–H groups in total. The first-order chi connectivity index (χ1) is 8.46. The summed E-state index contributed by atoms with van der Waals surface area (Å²) >= 11 is 0. The van der Waals surface area contributed by atoms with Crippen molar-refractivity contribution in [3.8, 4) is 0 Å². The number of aryl methyl sites for hydroxylation is 1. The summed E-state index contributed by atoms with van der Waals surface area (Å²) in [6.45, 7) is 0.814. The van der Waals surface area contributed by atoms with E-state index >= 15 is 0 Å². The second-order valence-electron chi connectivity index (χ2n) is 4.74. The van der Waals surface area contributed by atoms with Crippen LogP contribution in [0.2, 0.25) is 0 Å². The topological polar surface area (TPSA) is 21.3 Å². The third-order valence-corrected chi connectivity index (χ3v) is 3.25. The van der Waals surface area contributed by atoms with E-state index in [1.807, 2.05) is 12.1 Å². The molecule has 100 valence electrons. The number of hydroxylamine groups is 1. The van der Waals surface area contributed by atoms with E-state index in [9.17, 15) is 13.2 Å². The summed E-state index contributed by atoms with van der Waals surface area (Å²) in [6.07, 6.45) is -2.63. The van der Waals surface area contributed by atoms with Crippen LogP contribution in [0.3, 0.4) is 0 Å². The molecule has 0 saturated heterocycles. The molecule has 0 radical (unpaired) electrons. The summed E-state index contributed by atoms with van der Waals surface area (Å²) in [6, 6.07) is 8.13. The monoisotopic (exact) mass is 259 g/mol. The van der Waals surface area contributed by atoms with Gasteiger partial charge in [0.1, 0.15) is 0 Å². The Labute approximate surface area is 104 Å². The van der Waals surface area contributed by atoms with Crippen LogP contribution < -0.4 is 5.48 Å². The van der Waals surface area contributed by atoms with E-state index in [4.69, 9.17) is 0 Å². The van der Waals surface area contributed by atoms with Gasteiger partial charge in [0.25, 0.3) is 0 Å². The second-order valence-corrected chi connectivity index (χ2v) is 4.74. The Morgan fingerprint density at radius 1 is 1.28 bits per heavy atom. The maximum atomic E-state index is 11.9. The van der Waals surface area contributed by atoms with Crippen molar-refractivity contribution in [2.24, 2.45) is 0 Å².